The third kappa shape index (κ3) is 4.38. The first-order valence-corrected chi connectivity index (χ1v) is 7.77. The van der Waals surface area contributed by atoms with Crippen LogP contribution in [0, 0.1) is 0 Å². The Balaban J connectivity index is 1.85. The van der Waals surface area contributed by atoms with Crippen molar-refractivity contribution in [3.05, 3.63) is 34.3 Å². The van der Waals surface area contributed by atoms with Crippen molar-refractivity contribution in [2.45, 2.75) is 38.8 Å². The maximum absolute atomic E-state index is 3.65. The Hall–Kier alpha value is -0.380. The predicted molar refractivity (Wildman–Crippen MR) is 80.7 cm³/mol. The minimum absolute atomic E-state index is 0.686. The highest BCUT2D eigenvalue weighted by molar-refractivity contribution is 9.10. The lowest BCUT2D eigenvalue weighted by molar-refractivity contribution is 0.183. The van der Waals surface area contributed by atoms with Gasteiger partial charge in [-0.05, 0) is 50.0 Å². The van der Waals surface area contributed by atoms with E-state index < -0.39 is 0 Å². The highest BCUT2D eigenvalue weighted by Crippen LogP contribution is 2.16. The zero-order valence-corrected chi connectivity index (χ0v) is 12.7. The maximum atomic E-state index is 3.65. The summed E-state index contributed by atoms with van der Waals surface area (Å²) in [6.07, 6.45) is 3.87. The molecule has 0 aromatic heterocycles. The Labute approximate surface area is 119 Å². The molecule has 100 valence electrons. The van der Waals surface area contributed by atoms with Gasteiger partial charge in [-0.3, -0.25) is 4.90 Å². The van der Waals surface area contributed by atoms with Crippen molar-refractivity contribution in [3.63, 3.8) is 0 Å². The Morgan fingerprint density at radius 1 is 1.44 bits per heavy atom. The third-order valence-electron chi connectivity index (χ3n) is 3.48. The van der Waals surface area contributed by atoms with Crippen molar-refractivity contribution in [3.8, 4) is 0 Å². The van der Waals surface area contributed by atoms with Crippen molar-refractivity contribution in [1.82, 2.24) is 10.2 Å². The first kappa shape index (κ1) is 14.0. The summed E-state index contributed by atoms with van der Waals surface area (Å²) in [5.74, 6) is 0. The van der Waals surface area contributed by atoms with E-state index in [0.717, 1.165) is 13.1 Å². The highest BCUT2D eigenvalue weighted by atomic mass is 79.9. The van der Waals surface area contributed by atoms with Crippen LogP contribution >= 0.6 is 15.9 Å². The van der Waals surface area contributed by atoms with Crippen LogP contribution in [0.4, 0.5) is 0 Å². The number of likely N-dealkylation sites (tertiary alicyclic amines) is 1. The van der Waals surface area contributed by atoms with Gasteiger partial charge in [0.15, 0.2) is 0 Å². The molecule has 18 heavy (non-hydrogen) atoms. The fraction of sp³-hybridized carbons (Fsp3) is 0.600. The molecule has 0 radical (unpaired) electrons. The third-order valence-corrected chi connectivity index (χ3v) is 3.98. The zero-order valence-electron chi connectivity index (χ0n) is 11.2. The van der Waals surface area contributed by atoms with Crippen molar-refractivity contribution in [2.24, 2.45) is 0 Å². The summed E-state index contributed by atoms with van der Waals surface area (Å²) in [4.78, 5) is 2.57. The van der Waals surface area contributed by atoms with Crippen LogP contribution in [0.25, 0.3) is 0 Å². The van der Waals surface area contributed by atoms with E-state index >= 15 is 0 Å². The van der Waals surface area contributed by atoms with Gasteiger partial charge in [-0.25, -0.2) is 0 Å². The van der Waals surface area contributed by atoms with Crippen LogP contribution in [0.3, 0.4) is 0 Å². The summed E-state index contributed by atoms with van der Waals surface area (Å²) in [7, 11) is 0. The molecule has 1 aromatic rings. The van der Waals surface area contributed by atoms with Crippen molar-refractivity contribution in [1.29, 1.82) is 0 Å². The van der Waals surface area contributed by atoms with Gasteiger partial charge in [-0.15, -0.1) is 0 Å². The Kier molecular flexibility index (Phi) is 5.67. The standard InChI is InChI=1S/C15H23BrN2/c1-2-8-17-15-7-4-9-18(12-15)11-13-5-3-6-14(16)10-13/h3,5-6,10,15,17H,2,4,7-9,11-12H2,1H3. The quantitative estimate of drug-likeness (QED) is 0.896. The van der Waals surface area contributed by atoms with Gasteiger partial charge in [0.25, 0.3) is 0 Å². The van der Waals surface area contributed by atoms with Gasteiger partial charge >= 0.3 is 0 Å². The lowest BCUT2D eigenvalue weighted by atomic mass is 10.0. The molecule has 1 aromatic carbocycles. The fourth-order valence-corrected chi connectivity index (χ4v) is 3.05. The van der Waals surface area contributed by atoms with E-state index in [1.807, 2.05) is 0 Å². The topological polar surface area (TPSA) is 15.3 Å². The van der Waals surface area contributed by atoms with Gasteiger partial charge in [0.05, 0.1) is 0 Å². The molecule has 2 nitrogen and oxygen atoms in total. The average molecular weight is 311 g/mol. The van der Waals surface area contributed by atoms with E-state index in [2.05, 4.69) is 57.3 Å². The molecule has 0 saturated carbocycles. The van der Waals surface area contributed by atoms with Crippen molar-refractivity contribution in [2.75, 3.05) is 19.6 Å². The molecule has 1 N–H and O–H groups in total. The first-order chi connectivity index (χ1) is 8.78. The van der Waals surface area contributed by atoms with E-state index in [0.29, 0.717) is 6.04 Å². The predicted octanol–water partition coefficient (Wildman–Crippen LogP) is 3.41. The number of benzene rings is 1. The Bertz CT molecular complexity index is 367. The van der Waals surface area contributed by atoms with Crippen LogP contribution in [0.1, 0.15) is 31.7 Å². The molecule has 0 bridgehead atoms. The molecule has 1 aliphatic heterocycles. The molecule has 0 spiro atoms. The van der Waals surface area contributed by atoms with E-state index in [-0.39, 0.29) is 0 Å². The van der Waals surface area contributed by atoms with Gasteiger partial charge < -0.3 is 5.32 Å². The van der Waals surface area contributed by atoms with Gasteiger partial charge in [0.2, 0.25) is 0 Å². The molecule has 1 saturated heterocycles. The molecule has 0 aliphatic carbocycles. The number of hydrogen-bond donors (Lipinski definition) is 1. The van der Waals surface area contributed by atoms with Gasteiger partial charge in [-0.1, -0.05) is 35.0 Å². The minimum atomic E-state index is 0.686. The molecule has 1 heterocycles. The fourth-order valence-electron chi connectivity index (χ4n) is 2.61. The number of nitrogens with zero attached hydrogens (tertiary/aromatic N) is 1. The van der Waals surface area contributed by atoms with Gasteiger partial charge in [0, 0.05) is 23.6 Å². The smallest absolute Gasteiger partial charge is 0.0234 e. The molecule has 0 amide bonds. The summed E-state index contributed by atoms with van der Waals surface area (Å²) in [5, 5.41) is 3.65. The monoisotopic (exact) mass is 310 g/mol. The number of rotatable bonds is 5. The second-order valence-corrected chi connectivity index (χ2v) is 6.07. The SMILES string of the molecule is CCCNC1CCCN(Cc2cccc(Br)c2)C1. The van der Waals surface area contributed by atoms with Crippen LogP contribution in [0.5, 0.6) is 0 Å². The van der Waals surface area contributed by atoms with Crippen molar-refractivity contribution < 1.29 is 0 Å². The first-order valence-electron chi connectivity index (χ1n) is 6.98. The van der Waals surface area contributed by atoms with Crippen molar-refractivity contribution >= 4 is 15.9 Å². The summed E-state index contributed by atoms with van der Waals surface area (Å²) < 4.78 is 1.18. The average Bonchev–Trinajstić information content (AvgIpc) is 2.37. The van der Waals surface area contributed by atoms with Crippen LogP contribution < -0.4 is 5.32 Å². The number of piperidine rings is 1. The molecule has 1 aliphatic rings. The summed E-state index contributed by atoms with van der Waals surface area (Å²) in [6.45, 7) is 6.87. The number of nitrogens with one attached hydrogen (secondary N) is 1. The lowest BCUT2D eigenvalue weighted by Gasteiger charge is -2.33. The Morgan fingerprint density at radius 3 is 3.11 bits per heavy atom. The summed E-state index contributed by atoms with van der Waals surface area (Å²) in [5.41, 5.74) is 1.40. The number of halogens is 1. The molecular weight excluding hydrogens is 288 g/mol. The molecule has 1 fully saturated rings. The number of hydrogen-bond acceptors (Lipinski definition) is 2. The molecular formula is C15H23BrN2. The maximum Gasteiger partial charge on any atom is 0.0234 e. The lowest BCUT2D eigenvalue weighted by Crippen LogP contribution is -2.45. The van der Waals surface area contributed by atoms with Crippen LogP contribution in [0.15, 0.2) is 28.7 Å². The second-order valence-electron chi connectivity index (χ2n) is 5.16. The second kappa shape index (κ2) is 7.27. The summed E-state index contributed by atoms with van der Waals surface area (Å²) in [6, 6.07) is 9.34. The van der Waals surface area contributed by atoms with Crippen LogP contribution in [-0.2, 0) is 6.54 Å². The largest absolute Gasteiger partial charge is 0.313 e. The van der Waals surface area contributed by atoms with E-state index in [9.17, 15) is 0 Å². The van der Waals surface area contributed by atoms with Crippen LogP contribution in [0.2, 0.25) is 0 Å². The molecule has 3 heteroatoms. The van der Waals surface area contributed by atoms with E-state index in [4.69, 9.17) is 0 Å². The molecule has 1 unspecified atom stereocenters. The zero-order chi connectivity index (χ0) is 12.8. The molecule has 2 rings (SSSR count). The van der Waals surface area contributed by atoms with Gasteiger partial charge in [0.1, 0.15) is 0 Å². The Morgan fingerprint density at radius 2 is 2.33 bits per heavy atom. The van der Waals surface area contributed by atoms with Gasteiger partial charge in [-0.2, -0.15) is 0 Å². The normalized spacial score (nSPS) is 21.1. The van der Waals surface area contributed by atoms with E-state index in [1.165, 1.54) is 42.4 Å². The highest BCUT2D eigenvalue weighted by Gasteiger charge is 2.18. The molecule has 1 atom stereocenters. The minimum Gasteiger partial charge on any atom is -0.313 e. The van der Waals surface area contributed by atoms with Crippen LogP contribution in [-0.4, -0.2) is 30.6 Å². The van der Waals surface area contributed by atoms with E-state index in [1.54, 1.807) is 0 Å². The summed E-state index contributed by atoms with van der Waals surface area (Å²) >= 11 is 3.54.